The maximum Gasteiger partial charge on any atom is 0.245 e. The van der Waals surface area contributed by atoms with Crippen molar-refractivity contribution < 1.29 is 14.6 Å². The Morgan fingerprint density at radius 3 is 2.45 bits per heavy atom. The third kappa shape index (κ3) is 6.23. The number of carbonyl (C=O) groups excluding carboxylic acids is 1. The van der Waals surface area contributed by atoms with Crippen LogP contribution in [0.25, 0.3) is 5.57 Å². The lowest BCUT2D eigenvalue weighted by Crippen LogP contribution is -2.48. The molecule has 7 nitrogen and oxygen atoms in total. The van der Waals surface area contributed by atoms with E-state index in [0.717, 1.165) is 36.3 Å². The highest BCUT2D eigenvalue weighted by Gasteiger charge is 2.32. The van der Waals surface area contributed by atoms with Crippen LogP contribution in [0, 0.1) is 5.92 Å². The average Bonchev–Trinajstić information content (AvgIpc) is 3.37. The Hall–Kier alpha value is -3.68. The highest BCUT2D eigenvalue weighted by molar-refractivity contribution is 5.88. The average molecular weight is 513 g/mol. The van der Waals surface area contributed by atoms with Crippen LogP contribution >= 0.6 is 0 Å². The van der Waals surface area contributed by atoms with E-state index in [2.05, 4.69) is 46.0 Å². The number of carbonyl (C=O) groups is 1. The zero-order chi connectivity index (χ0) is 26.3. The normalized spacial score (nSPS) is 16.9. The Kier molecular flexibility index (Phi) is 8.36. The number of hydrogen-bond donors (Lipinski definition) is 3. The number of anilines is 3. The number of likely N-dealkylation sites (tertiary alicyclic amines) is 1. The molecule has 3 aromatic rings. The summed E-state index contributed by atoms with van der Waals surface area (Å²) in [4.78, 5) is 19.9. The monoisotopic (exact) mass is 512 g/mol. The van der Waals surface area contributed by atoms with E-state index in [1.165, 1.54) is 16.7 Å². The molecule has 1 aromatic heterocycles. The number of methoxy groups -OCH3 is 1. The first-order valence-electron chi connectivity index (χ1n) is 13.4. The van der Waals surface area contributed by atoms with Gasteiger partial charge in [-0.1, -0.05) is 30.3 Å². The van der Waals surface area contributed by atoms with Gasteiger partial charge in [0.2, 0.25) is 5.91 Å². The molecular formula is C31H36N4O3. The summed E-state index contributed by atoms with van der Waals surface area (Å²) < 4.78 is 5.13. The number of nitrogens with one attached hydrogen (secondary N) is 2. The second-order valence-corrected chi connectivity index (χ2v) is 10.1. The van der Waals surface area contributed by atoms with Crippen LogP contribution in [0.1, 0.15) is 30.4 Å². The fourth-order valence-corrected chi connectivity index (χ4v) is 5.45. The number of nitrogens with zero attached hydrogens (tertiary/aromatic N) is 2. The molecule has 1 aliphatic carbocycles. The minimum absolute atomic E-state index is 0.106. The predicted molar refractivity (Wildman–Crippen MR) is 151 cm³/mol. The fraction of sp³-hybridized carbons (Fsp3) is 0.355. The maximum absolute atomic E-state index is 13.8. The molecule has 3 N–H and O–H groups in total. The number of pyridine rings is 1. The minimum Gasteiger partial charge on any atom is -0.390 e. The van der Waals surface area contributed by atoms with Gasteiger partial charge in [0.05, 0.1) is 12.7 Å². The van der Waals surface area contributed by atoms with Gasteiger partial charge in [0, 0.05) is 56.1 Å². The number of rotatable bonds is 10. The number of hydrogen-bond acceptors (Lipinski definition) is 6. The molecule has 2 aliphatic rings. The summed E-state index contributed by atoms with van der Waals surface area (Å²) >= 11 is 0. The van der Waals surface area contributed by atoms with Crippen LogP contribution in [-0.4, -0.2) is 59.8 Å². The second-order valence-electron chi connectivity index (χ2n) is 10.1. The van der Waals surface area contributed by atoms with E-state index < -0.39 is 6.10 Å². The molecule has 0 spiro atoms. The van der Waals surface area contributed by atoms with Crippen molar-refractivity contribution in [3.8, 4) is 0 Å². The van der Waals surface area contributed by atoms with Crippen molar-refractivity contribution in [1.29, 1.82) is 0 Å². The lowest BCUT2D eigenvalue weighted by atomic mass is 9.91. The molecule has 5 rings (SSSR count). The molecule has 0 bridgehead atoms. The molecule has 2 unspecified atom stereocenters. The van der Waals surface area contributed by atoms with Crippen molar-refractivity contribution in [2.45, 2.75) is 37.8 Å². The zero-order valence-electron chi connectivity index (χ0n) is 21.8. The van der Waals surface area contributed by atoms with Crippen LogP contribution in [-0.2, 0) is 16.0 Å². The Morgan fingerprint density at radius 1 is 1.03 bits per heavy atom. The summed E-state index contributed by atoms with van der Waals surface area (Å²) in [5.41, 5.74) is 6.61. The van der Waals surface area contributed by atoms with Gasteiger partial charge in [-0.2, -0.15) is 0 Å². The molecule has 2 heterocycles. The quantitative estimate of drug-likeness (QED) is 0.359. The van der Waals surface area contributed by atoms with Gasteiger partial charge in [-0.3, -0.25) is 9.78 Å². The number of aromatic nitrogens is 1. The first-order valence-corrected chi connectivity index (χ1v) is 13.4. The number of benzene rings is 2. The number of aliphatic hydroxyl groups is 1. The molecule has 1 amide bonds. The van der Waals surface area contributed by atoms with Crippen LogP contribution in [0.4, 0.5) is 17.1 Å². The molecule has 7 heteroatoms. The Morgan fingerprint density at radius 2 is 1.71 bits per heavy atom. The van der Waals surface area contributed by atoms with Crippen LogP contribution in [0.2, 0.25) is 0 Å². The molecule has 0 radical (unpaired) electrons. The Labute approximate surface area is 224 Å². The summed E-state index contributed by atoms with van der Waals surface area (Å²) in [6, 6.07) is 19.9. The molecule has 1 aliphatic heterocycles. The van der Waals surface area contributed by atoms with Gasteiger partial charge in [0.1, 0.15) is 6.04 Å². The molecule has 38 heavy (non-hydrogen) atoms. The molecule has 2 aromatic carbocycles. The third-order valence-corrected chi connectivity index (χ3v) is 7.58. The van der Waals surface area contributed by atoms with Crippen molar-refractivity contribution in [2.75, 3.05) is 37.4 Å². The number of piperidine rings is 1. The van der Waals surface area contributed by atoms with Crippen molar-refractivity contribution in [1.82, 2.24) is 9.88 Å². The first kappa shape index (κ1) is 25.9. The van der Waals surface area contributed by atoms with Crippen LogP contribution in [0.15, 0.2) is 79.1 Å². The van der Waals surface area contributed by atoms with Crippen LogP contribution in [0.5, 0.6) is 0 Å². The summed E-state index contributed by atoms with van der Waals surface area (Å²) in [7, 11) is 1.61. The largest absolute Gasteiger partial charge is 0.390 e. The lowest BCUT2D eigenvalue weighted by molar-refractivity contribution is -0.134. The smallest absolute Gasteiger partial charge is 0.245 e. The summed E-state index contributed by atoms with van der Waals surface area (Å²) in [5, 5.41) is 17.3. The Bertz CT molecular complexity index is 1240. The van der Waals surface area contributed by atoms with Crippen molar-refractivity contribution in [3.63, 3.8) is 0 Å². The summed E-state index contributed by atoms with van der Waals surface area (Å²) in [5.74, 6) is 0.268. The van der Waals surface area contributed by atoms with E-state index in [9.17, 15) is 9.90 Å². The molecular weight excluding hydrogens is 476 g/mol. The topological polar surface area (TPSA) is 86.7 Å². The van der Waals surface area contributed by atoms with Crippen molar-refractivity contribution in [2.24, 2.45) is 5.92 Å². The molecule has 2 atom stereocenters. The van der Waals surface area contributed by atoms with Crippen LogP contribution in [0.3, 0.4) is 0 Å². The standard InChI is InChI=1S/C31H36N4O3/c1-38-21-30(36)23-14-18-35(19-15-23)31(37)29(20-24-7-6-22-4-2-3-5-28(22)24)34-26-10-8-25(9-11-26)33-27-12-16-32-17-13-27/h2-5,7-13,16-17,23,29-30,34,36H,6,14-15,18-21H2,1H3,(H,32,33). The lowest BCUT2D eigenvalue weighted by Gasteiger charge is -2.36. The molecule has 0 saturated carbocycles. The Balaban J connectivity index is 1.29. The highest BCUT2D eigenvalue weighted by Crippen LogP contribution is 2.32. The van der Waals surface area contributed by atoms with Gasteiger partial charge in [0.15, 0.2) is 0 Å². The van der Waals surface area contributed by atoms with E-state index in [-0.39, 0.29) is 17.9 Å². The molecule has 1 saturated heterocycles. The summed E-state index contributed by atoms with van der Waals surface area (Å²) in [6.45, 7) is 1.63. The van der Waals surface area contributed by atoms with Crippen molar-refractivity contribution in [3.05, 3.63) is 90.3 Å². The number of aliphatic hydroxyl groups excluding tert-OH is 1. The van der Waals surface area contributed by atoms with Gasteiger partial charge in [0.25, 0.3) is 0 Å². The van der Waals surface area contributed by atoms with E-state index in [1.807, 2.05) is 41.3 Å². The van der Waals surface area contributed by atoms with Gasteiger partial charge in [-0.15, -0.1) is 0 Å². The fourth-order valence-electron chi connectivity index (χ4n) is 5.45. The number of ether oxygens (including phenoxy) is 1. The molecule has 198 valence electrons. The van der Waals surface area contributed by atoms with Gasteiger partial charge >= 0.3 is 0 Å². The van der Waals surface area contributed by atoms with E-state index in [0.29, 0.717) is 26.1 Å². The minimum atomic E-state index is -0.481. The van der Waals surface area contributed by atoms with E-state index in [4.69, 9.17) is 4.74 Å². The maximum atomic E-state index is 13.8. The molecule has 1 fully saturated rings. The first-order chi connectivity index (χ1) is 18.6. The second kappa shape index (κ2) is 12.2. The van der Waals surface area contributed by atoms with E-state index in [1.54, 1.807) is 19.5 Å². The SMILES string of the molecule is COCC(O)C1CCN(C(=O)C(CC2=CCc3ccccc32)Nc2ccc(Nc3ccncc3)cc2)CC1. The van der Waals surface area contributed by atoms with Crippen LogP contribution < -0.4 is 10.6 Å². The van der Waals surface area contributed by atoms with Gasteiger partial charge in [-0.25, -0.2) is 0 Å². The number of amides is 1. The summed E-state index contributed by atoms with van der Waals surface area (Å²) in [6.07, 6.45) is 8.38. The van der Waals surface area contributed by atoms with Gasteiger partial charge in [-0.05, 0) is 78.3 Å². The number of fused-ring (bicyclic) bond motifs is 1. The third-order valence-electron chi connectivity index (χ3n) is 7.58. The predicted octanol–water partition coefficient (Wildman–Crippen LogP) is 4.88. The van der Waals surface area contributed by atoms with Gasteiger partial charge < -0.3 is 25.4 Å². The van der Waals surface area contributed by atoms with E-state index >= 15 is 0 Å². The zero-order valence-corrected chi connectivity index (χ0v) is 21.8. The number of allylic oxidation sites excluding steroid dienone is 1. The highest BCUT2D eigenvalue weighted by atomic mass is 16.5. The van der Waals surface area contributed by atoms with Crippen molar-refractivity contribution >= 4 is 28.5 Å².